The van der Waals surface area contributed by atoms with Crippen LogP contribution in [0.15, 0.2) is 36.4 Å². The molecule has 44 heavy (non-hydrogen) atoms. The Morgan fingerprint density at radius 1 is 1.05 bits per heavy atom. The maximum atomic E-state index is 6.91. The van der Waals surface area contributed by atoms with E-state index in [4.69, 9.17) is 19.1 Å². The van der Waals surface area contributed by atoms with Crippen LogP contribution in [0.25, 0.3) is 10.8 Å². The summed E-state index contributed by atoms with van der Waals surface area (Å²) < 4.78 is 13.3. The predicted octanol–water partition coefficient (Wildman–Crippen LogP) is 6.80. The molecule has 3 heterocycles. The number of hydrogen-bond acceptors (Lipinski definition) is 7. The summed E-state index contributed by atoms with van der Waals surface area (Å²) >= 11 is 0. The van der Waals surface area contributed by atoms with Crippen LogP contribution in [0.3, 0.4) is 0 Å². The highest BCUT2D eigenvalue weighted by Gasteiger charge is 2.40. The molecule has 0 saturated carbocycles. The largest absolute Gasteiger partial charge is 0.543 e. The molecule has 1 aromatic heterocycles. The average Bonchev–Trinajstić information content (AvgIpc) is 3.39. The van der Waals surface area contributed by atoms with Crippen molar-refractivity contribution < 1.29 is 9.16 Å². The molecule has 0 amide bonds. The van der Waals surface area contributed by atoms with Gasteiger partial charge in [-0.2, -0.15) is 9.97 Å². The van der Waals surface area contributed by atoms with E-state index in [1.807, 2.05) is 0 Å². The maximum absolute atomic E-state index is 6.91. The van der Waals surface area contributed by atoms with Crippen molar-refractivity contribution in [3.63, 3.8) is 0 Å². The number of piperazine rings is 1. The number of benzene rings is 2. The topological polar surface area (TPSA) is 62.8 Å². The molecule has 7 nitrogen and oxygen atoms in total. The fraction of sp³-hybridized carbons (Fsp3) is 0.611. The molecule has 0 bridgehead atoms. The third-order valence-corrected chi connectivity index (χ3v) is 15.3. The minimum absolute atomic E-state index is 0.133. The highest BCUT2D eigenvalue weighted by molar-refractivity contribution is 6.74. The quantitative estimate of drug-likeness (QED) is 0.293. The predicted molar refractivity (Wildman–Crippen MR) is 184 cm³/mol. The summed E-state index contributed by atoms with van der Waals surface area (Å²) in [6.45, 7) is 21.0. The number of aromatic nitrogens is 2. The van der Waals surface area contributed by atoms with Gasteiger partial charge in [0.25, 0.3) is 0 Å². The Labute approximate surface area is 265 Å². The molecular weight excluding hydrogens is 563 g/mol. The monoisotopic (exact) mass is 615 g/mol. The number of nitrogens with one attached hydrogen (secondary N) is 1. The molecule has 4 atom stereocenters. The summed E-state index contributed by atoms with van der Waals surface area (Å²) in [6.07, 6.45) is 4.23. The molecule has 6 rings (SSSR count). The van der Waals surface area contributed by atoms with Gasteiger partial charge < -0.3 is 24.3 Å². The SMILES string of the molecule is CC1Cc2c(nc(OC[C@@H]3CCCN3C)nc2N2CCNC[C@@H]2C)CC1c1cc(O[Si](C)(C)C(C)(C)C)cc2ccccc12. The Bertz CT molecular complexity index is 1490. The highest BCUT2D eigenvalue weighted by atomic mass is 28.4. The third kappa shape index (κ3) is 6.22. The van der Waals surface area contributed by atoms with Crippen LogP contribution in [0.2, 0.25) is 18.1 Å². The summed E-state index contributed by atoms with van der Waals surface area (Å²) in [4.78, 5) is 15.2. The zero-order chi connectivity index (χ0) is 31.2. The number of ether oxygens (including phenoxy) is 1. The first-order valence-electron chi connectivity index (χ1n) is 16.8. The van der Waals surface area contributed by atoms with E-state index in [9.17, 15) is 0 Å². The van der Waals surface area contributed by atoms with Gasteiger partial charge in [0.2, 0.25) is 8.32 Å². The van der Waals surface area contributed by atoms with Crippen molar-refractivity contribution in [2.45, 2.75) is 96.4 Å². The Morgan fingerprint density at radius 2 is 1.84 bits per heavy atom. The molecule has 2 fully saturated rings. The van der Waals surface area contributed by atoms with Crippen molar-refractivity contribution in [2.24, 2.45) is 5.92 Å². The summed E-state index contributed by atoms with van der Waals surface area (Å²) in [5, 5.41) is 6.25. The Kier molecular flexibility index (Phi) is 8.72. The third-order valence-electron chi connectivity index (χ3n) is 11.0. The van der Waals surface area contributed by atoms with E-state index in [0.717, 1.165) is 56.3 Å². The molecule has 8 heteroatoms. The van der Waals surface area contributed by atoms with Crippen LogP contribution in [0, 0.1) is 5.92 Å². The van der Waals surface area contributed by atoms with E-state index in [1.165, 1.54) is 34.7 Å². The van der Waals surface area contributed by atoms with Gasteiger partial charge in [0.1, 0.15) is 18.2 Å². The van der Waals surface area contributed by atoms with E-state index in [1.54, 1.807) is 0 Å². The van der Waals surface area contributed by atoms with Gasteiger partial charge in [-0.3, -0.25) is 0 Å². The van der Waals surface area contributed by atoms with E-state index in [0.29, 0.717) is 36.5 Å². The number of likely N-dealkylation sites (tertiary alicyclic amines) is 1. The zero-order valence-electron chi connectivity index (χ0n) is 28.2. The zero-order valence-corrected chi connectivity index (χ0v) is 29.2. The second-order valence-electron chi connectivity index (χ2n) is 15.2. The summed E-state index contributed by atoms with van der Waals surface area (Å²) in [7, 11) is 0.199. The van der Waals surface area contributed by atoms with Crippen LogP contribution in [-0.2, 0) is 12.8 Å². The van der Waals surface area contributed by atoms with E-state index >= 15 is 0 Å². The van der Waals surface area contributed by atoms with Crippen molar-refractivity contribution in [1.29, 1.82) is 0 Å². The molecule has 2 aliphatic heterocycles. The minimum atomic E-state index is -2.00. The molecule has 238 valence electrons. The van der Waals surface area contributed by atoms with E-state index in [-0.39, 0.29) is 5.04 Å². The van der Waals surface area contributed by atoms with Gasteiger partial charge in [0.05, 0.1) is 5.69 Å². The number of fused-ring (bicyclic) bond motifs is 2. The number of anilines is 1. The molecule has 1 aliphatic carbocycles. The first kappa shape index (κ1) is 31.3. The van der Waals surface area contributed by atoms with Gasteiger partial charge >= 0.3 is 6.01 Å². The minimum Gasteiger partial charge on any atom is -0.543 e. The number of hydrogen-bond donors (Lipinski definition) is 1. The van der Waals surface area contributed by atoms with Gasteiger partial charge in [-0.25, -0.2) is 0 Å². The number of likely N-dealkylation sites (N-methyl/N-ethyl adjacent to an activating group) is 1. The first-order valence-corrected chi connectivity index (χ1v) is 19.7. The van der Waals surface area contributed by atoms with Crippen LogP contribution in [0.5, 0.6) is 11.8 Å². The number of rotatable bonds is 7. The normalized spacial score (nSPS) is 24.9. The number of nitrogens with zero attached hydrogens (tertiary/aromatic N) is 4. The van der Waals surface area contributed by atoms with Gasteiger partial charge in [-0.05, 0) is 105 Å². The van der Waals surface area contributed by atoms with E-state index < -0.39 is 8.32 Å². The smallest absolute Gasteiger partial charge is 0.318 e. The lowest BCUT2D eigenvalue weighted by atomic mass is 9.74. The van der Waals surface area contributed by atoms with Gasteiger partial charge in [-0.15, -0.1) is 0 Å². The molecule has 1 N–H and O–H groups in total. The fourth-order valence-electron chi connectivity index (χ4n) is 7.11. The van der Waals surface area contributed by atoms with E-state index in [2.05, 4.69) is 106 Å². The van der Waals surface area contributed by atoms with Crippen LogP contribution < -0.4 is 19.4 Å². The van der Waals surface area contributed by atoms with Crippen LogP contribution in [0.1, 0.15) is 70.2 Å². The molecule has 3 aliphatic rings. The molecular formula is C36H53N5O2Si. The van der Waals surface area contributed by atoms with Gasteiger partial charge in [-0.1, -0.05) is 52.0 Å². The summed E-state index contributed by atoms with van der Waals surface area (Å²) in [5.74, 6) is 2.86. The van der Waals surface area contributed by atoms with Gasteiger partial charge in [0, 0.05) is 37.3 Å². The Morgan fingerprint density at radius 3 is 2.57 bits per heavy atom. The molecule has 0 radical (unpaired) electrons. The van der Waals surface area contributed by atoms with Gasteiger partial charge in [0.15, 0.2) is 0 Å². The molecule has 0 spiro atoms. The lowest BCUT2D eigenvalue weighted by Crippen LogP contribution is -2.50. The Hall–Kier alpha value is -2.68. The Balaban J connectivity index is 1.39. The van der Waals surface area contributed by atoms with Crippen molar-refractivity contribution in [3.05, 3.63) is 53.2 Å². The second-order valence-corrected chi connectivity index (χ2v) is 19.9. The maximum Gasteiger partial charge on any atom is 0.318 e. The molecule has 2 saturated heterocycles. The van der Waals surface area contributed by atoms with Crippen molar-refractivity contribution in [3.8, 4) is 11.8 Å². The lowest BCUT2D eigenvalue weighted by molar-refractivity contribution is 0.187. The first-order chi connectivity index (χ1) is 20.9. The lowest BCUT2D eigenvalue weighted by Gasteiger charge is -2.39. The molecule has 2 unspecified atom stereocenters. The van der Waals surface area contributed by atoms with Crippen LogP contribution in [-0.4, -0.2) is 75.1 Å². The average molecular weight is 616 g/mol. The standard InChI is InChI=1S/C36H53N5O2Si/c1-24-18-32-33(38-35(42-23-27-13-11-16-40(27)6)39-34(32)41-17-15-37-22-25(41)2)21-30(24)31-20-28(43-44(7,8)36(3,4)5)19-26-12-9-10-14-29(26)31/h9-10,12,14,19-20,24-25,27,30,37H,11,13,15-18,21-23H2,1-8H3/t24?,25-,27-,30?/m0/s1. The van der Waals surface area contributed by atoms with Crippen molar-refractivity contribution in [2.75, 3.05) is 44.7 Å². The highest BCUT2D eigenvalue weighted by Crippen LogP contribution is 2.45. The van der Waals surface area contributed by atoms with Crippen molar-refractivity contribution >= 4 is 24.9 Å². The molecule has 2 aromatic carbocycles. The fourth-order valence-corrected chi connectivity index (χ4v) is 8.12. The van der Waals surface area contributed by atoms with Crippen molar-refractivity contribution in [1.82, 2.24) is 20.2 Å². The summed E-state index contributed by atoms with van der Waals surface area (Å²) in [5.41, 5.74) is 3.84. The molecule has 3 aromatic rings. The second kappa shape index (κ2) is 12.3. The van der Waals surface area contributed by atoms with Crippen LogP contribution in [0.4, 0.5) is 5.82 Å². The summed E-state index contributed by atoms with van der Waals surface area (Å²) in [6, 6.07) is 14.8. The van der Waals surface area contributed by atoms with Crippen LogP contribution >= 0.6 is 0 Å².